The summed E-state index contributed by atoms with van der Waals surface area (Å²) in [5.74, 6) is 0.211. The molecule has 0 unspecified atom stereocenters. The monoisotopic (exact) mass is 329 g/mol. The molecule has 0 bridgehead atoms. The van der Waals surface area contributed by atoms with Crippen LogP contribution in [-0.4, -0.2) is 20.3 Å². The molecule has 2 rings (SSSR count). The van der Waals surface area contributed by atoms with E-state index in [2.05, 4.69) is 5.32 Å². The topological polar surface area (TPSA) is 30.5 Å². The number of ether oxygens (including phenoxy) is 2. The van der Waals surface area contributed by atoms with E-state index < -0.39 is 0 Å². The summed E-state index contributed by atoms with van der Waals surface area (Å²) in [6.07, 6.45) is 0. The largest absolute Gasteiger partial charge is 0.488 e. The van der Waals surface area contributed by atoms with E-state index in [1.807, 2.05) is 18.2 Å². The normalized spacial score (nSPS) is 10.8. The fourth-order valence-electron chi connectivity index (χ4n) is 1.80. The van der Waals surface area contributed by atoms with Crippen molar-refractivity contribution in [3.63, 3.8) is 0 Å². The van der Waals surface area contributed by atoms with Crippen molar-refractivity contribution in [1.29, 1.82) is 0 Å². The van der Waals surface area contributed by atoms with Crippen LogP contribution in [0.15, 0.2) is 30.3 Å². The Kier molecular flexibility index (Phi) is 6.45. The van der Waals surface area contributed by atoms with Crippen LogP contribution >= 0.6 is 22.9 Å². The molecule has 0 radical (unpaired) electrons. The predicted octanol–water partition coefficient (Wildman–Crippen LogP) is 3.86. The Balaban J connectivity index is 1.91. The van der Waals surface area contributed by atoms with Crippen molar-refractivity contribution in [3.8, 4) is 5.75 Å². The molecule has 2 aromatic rings. The van der Waals surface area contributed by atoms with Gasteiger partial charge in [0.05, 0.1) is 10.9 Å². The van der Waals surface area contributed by atoms with Gasteiger partial charge in [0.2, 0.25) is 0 Å². The number of methoxy groups -OCH3 is 1. The molecule has 1 aromatic carbocycles. The summed E-state index contributed by atoms with van der Waals surface area (Å²) in [4.78, 5) is 1.00. The van der Waals surface area contributed by atoms with Crippen molar-refractivity contribution in [2.24, 2.45) is 0 Å². The molecule has 114 valence electrons. The van der Waals surface area contributed by atoms with E-state index in [4.69, 9.17) is 21.1 Å². The van der Waals surface area contributed by atoms with Gasteiger partial charge in [-0.1, -0.05) is 11.6 Å². The highest BCUT2D eigenvalue weighted by molar-refractivity contribution is 7.16. The Morgan fingerprint density at radius 2 is 2.14 bits per heavy atom. The molecule has 0 aliphatic carbocycles. The van der Waals surface area contributed by atoms with E-state index in [0.29, 0.717) is 25.5 Å². The summed E-state index contributed by atoms with van der Waals surface area (Å²) in [7, 11) is 1.65. The van der Waals surface area contributed by atoms with Crippen molar-refractivity contribution >= 4 is 22.9 Å². The van der Waals surface area contributed by atoms with Crippen molar-refractivity contribution in [2.45, 2.75) is 13.2 Å². The molecule has 1 aromatic heterocycles. The maximum absolute atomic E-state index is 13.6. The first kappa shape index (κ1) is 16.2. The lowest BCUT2D eigenvalue weighted by Crippen LogP contribution is -2.18. The first-order chi connectivity index (χ1) is 10.2. The molecule has 0 amide bonds. The van der Waals surface area contributed by atoms with Crippen LogP contribution in [0, 0.1) is 5.82 Å². The van der Waals surface area contributed by atoms with Gasteiger partial charge in [0.25, 0.3) is 0 Å². The Morgan fingerprint density at radius 1 is 1.29 bits per heavy atom. The van der Waals surface area contributed by atoms with Crippen molar-refractivity contribution in [1.82, 2.24) is 5.32 Å². The van der Waals surface area contributed by atoms with Gasteiger partial charge in [0.1, 0.15) is 18.2 Å². The molecule has 21 heavy (non-hydrogen) atoms. The smallest absolute Gasteiger partial charge is 0.127 e. The van der Waals surface area contributed by atoms with Gasteiger partial charge in [-0.25, -0.2) is 4.39 Å². The van der Waals surface area contributed by atoms with Gasteiger partial charge < -0.3 is 14.8 Å². The van der Waals surface area contributed by atoms with Crippen LogP contribution in [0.1, 0.15) is 10.4 Å². The zero-order valence-electron chi connectivity index (χ0n) is 11.7. The fraction of sp³-hybridized carbons (Fsp3) is 0.333. The van der Waals surface area contributed by atoms with E-state index >= 15 is 0 Å². The molecule has 0 aliphatic rings. The van der Waals surface area contributed by atoms with Gasteiger partial charge in [0.15, 0.2) is 0 Å². The molecule has 6 heteroatoms. The van der Waals surface area contributed by atoms with Crippen LogP contribution in [0.2, 0.25) is 4.34 Å². The van der Waals surface area contributed by atoms with Gasteiger partial charge in [-0.05, 0) is 29.8 Å². The van der Waals surface area contributed by atoms with Crippen molar-refractivity contribution < 1.29 is 13.9 Å². The minimum absolute atomic E-state index is 0.305. The molecule has 0 aliphatic heterocycles. The lowest BCUT2D eigenvalue weighted by molar-refractivity contribution is 0.199. The van der Waals surface area contributed by atoms with Crippen LogP contribution in [0.5, 0.6) is 5.75 Å². The number of rotatable bonds is 8. The number of hydrogen-bond donors (Lipinski definition) is 1. The molecule has 0 atom stereocenters. The summed E-state index contributed by atoms with van der Waals surface area (Å²) in [6.45, 7) is 2.30. The first-order valence-electron chi connectivity index (χ1n) is 6.53. The summed E-state index contributed by atoms with van der Waals surface area (Å²) >= 11 is 7.32. The second kappa shape index (κ2) is 8.34. The molecule has 1 heterocycles. The second-order valence-electron chi connectivity index (χ2n) is 4.46. The summed E-state index contributed by atoms with van der Waals surface area (Å²) in [6, 6.07) is 8.43. The van der Waals surface area contributed by atoms with E-state index in [9.17, 15) is 4.39 Å². The molecule has 0 saturated heterocycles. The third-order valence-corrected chi connectivity index (χ3v) is 3.96. The number of hydrogen-bond acceptors (Lipinski definition) is 4. The van der Waals surface area contributed by atoms with Gasteiger partial charge in [0, 0.05) is 31.1 Å². The zero-order chi connectivity index (χ0) is 15.1. The first-order valence-corrected chi connectivity index (χ1v) is 7.73. The zero-order valence-corrected chi connectivity index (χ0v) is 13.3. The summed E-state index contributed by atoms with van der Waals surface area (Å²) in [5.41, 5.74) is 0.838. The molecule has 3 nitrogen and oxygen atoms in total. The SMILES string of the molecule is COCCNCc1cc(F)cc(OCc2ccc(Cl)s2)c1. The standard InChI is InChI=1S/C15H17ClFNO2S/c1-19-5-4-18-9-11-6-12(17)8-13(7-11)20-10-14-2-3-15(16)21-14/h2-3,6-8,18H,4-5,9-10H2,1H3. The third-order valence-electron chi connectivity index (χ3n) is 2.75. The van der Waals surface area contributed by atoms with Gasteiger partial charge in [-0.2, -0.15) is 0 Å². The summed E-state index contributed by atoms with van der Waals surface area (Å²) in [5, 5.41) is 3.17. The maximum Gasteiger partial charge on any atom is 0.127 e. The third kappa shape index (κ3) is 5.63. The highest BCUT2D eigenvalue weighted by Gasteiger charge is 2.04. The van der Waals surface area contributed by atoms with Crippen LogP contribution < -0.4 is 10.1 Å². The number of thiophene rings is 1. The molecule has 1 N–H and O–H groups in total. The Hall–Kier alpha value is -1.14. The van der Waals surface area contributed by atoms with Gasteiger partial charge in [-0.15, -0.1) is 11.3 Å². The van der Waals surface area contributed by atoms with Crippen LogP contribution in [-0.2, 0) is 17.9 Å². The molecular weight excluding hydrogens is 313 g/mol. The average Bonchev–Trinajstić information content (AvgIpc) is 2.87. The van der Waals surface area contributed by atoms with Crippen LogP contribution in [0.25, 0.3) is 0 Å². The van der Waals surface area contributed by atoms with E-state index in [0.717, 1.165) is 21.3 Å². The van der Waals surface area contributed by atoms with Gasteiger partial charge >= 0.3 is 0 Å². The maximum atomic E-state index is 13.6. The second-order valence-corrected chi connectivity index (χ2v) is 6.26. The van der Waals surface area contributed by atoms with E-state index in [-0.39, 0.29) is 5.82 Å². The molecular formula is C15H17ClFNO2S. The molecule has 0 saturated carbocycles. The van der Waals surface area contributed by atoms with E-state index in [1.54, 1.807) is 7.11 Å². The summed E-state index contributed by atoms with van der Waals surface area (Å²) < 4.78 is 24.9. The number of halogens is 2. The van der Waals surface area contributed by atoms with E-state index in [1.165, 1.54) is 23.5 Å². The number of nitrogens with one attached hydrogen (secondary N) is 1. The Labute approximate surface area is 132 Å². The van der Waals surface area contributed by atoms with Crippen LogP contribution in [0.3, 0.4) is 0 Å². The highest BCUT2D eigenvalue weighted by atomic mass is 35.5. The Bertz CT molecular complexity index is 577. The quantitative estimate of drug-likeness (QED) is 0.746. The predicted molar refractivity (Wildman–Crippen MR) is 83.6 cm³/mol. The fourth-order valence-corrected chi connectivity index (χ4v) is 2.80. The van der Waals surface area contributed by atoms with Gasteiger partial charge in [-0.3, -0.25) is 0 Å². The molecule has 0 spiro atoms. The van der Waals surface area contributed by atoms with Crippen LogP contribution in [0.4, 0.5) is 4.39 Å². The van der Waals surface area contributed by atoms with Crippen molar-refractivity contribution in [3.05, 3.63) is 50.9 Å². The lowest BCUT2D eigenvalue weighted by atomic mass is 10.2. The minimum atomic E-state index is -0.305. The average molecular weight is 330 g/mol. The number of benzene rings is 1. The molecule has 0 fully saturated rings. The highest BCUT2D eigenvalue weighted by Crippen LogP contribution is 2.24. The minimum Gasteiger partial charge on any atom is -0.488 e. The van der Waals surface area contributed by atoms with Crippen molar-refractivity contribution in [2.75, 3.05) is 20.3 Å². The lowest BCUT2D eigenvalue weighted by Gasteiger charge is -2.09. The Morgan fingerprint density at radius 3 is 2.86 bits per heavy atom.